The topological polar surface area (TPSA) is 59.5 Å². The standard InChI is InChI=1S/C20H18ClN5O/c21-15-6-3-5-14(11-15)20-22-16(13-27-20)12-25-9-4-7-17(25)19-24-23-18-8-1-2-10-26(18)19/h1-3,5-6,8,10-11,13,17H,4,7,9,12H2. The highest BCUT2D eigenvalue weighted by Gasteiger charge is 2.30. The van der Waals surface area contributed by atoms with Crippen LogP contribution < -0.4 is 0 Å². The summed E-state index contributed by atoms with van der Waals surface area (Å²) in [7, 11) is 0. The van der Waals surface area contributed by atoms with Gasteiger partial charge in [-0.05, 0) is 49.7 Å². The smallest absolute Gasteiger partial charge is 0.226 e. The molecular weight excluding hydrogens is 362 g/mol. The third kappa shape index (κ3) is 3.11. The van der Waals surface area contributed by atoms with Gasteiger partial charge in [0.1, 0.15) is 6.26 Å². The molecule has 0 N–H and O–H groups in total. The predicted molar refractivity (Wildman–Crippen MR) is 102 cm³/mol. The van der Waals surface area contributed by atoms with Crippen molar-refractivity contribution >= 4 is 17.2 Å². The lowest BCUT2D eigenvalue weighted by molar-refractivity contribution is 0.236. The van der Waals surface area contributed by atoms with Crippen LogP contribution in [0.5, 0.6) is 0 Å². The minimum absolute atomic E-state index is 0.230. The van der Waals surface area contributed by atoms with E-state index < -0.39 is 0 Å². The number of hydrogen-bond donors (Lipinski definition) is 0. The molecule has 7 heteroatoms. The lowest BCUT2D eigenvalue weighted by Gasteiger charge is -2.21. The van der Waals surface area contributed by atoms with Crippen LogP contribution >= 0.6 is 11.6 Å². The monoisotopic (exact) mass is 379 g/mol. The molecule has 6 nitrogen and oxygen atoms in total. The lowest BCUT2D eigenvalue weighted by Crippen LogP contribution is -2.24. The summed E-state index contributed by atoms with van der Waals surface area (Å²) < 4.78 is 7.76. The number of likely N-dealkylation sites (tertiary alicyclic amines) is 1. The number of benzene rings is 1. The average Bonchev–Trinajstić information content (AvgIpc) is 3.41. The molecule has 136 valence electrons. The van der Waals surface area contributed by atoms with E-state index in [1.165, 1.54) is 0 Å². The van der Waals surface area contributed by atoms with Crippen molar-refractivity contribution in [3.63, 3.8) is 0 Å². The van der Waals surface area contributed by atoms with E-state index in [2.05, 4.69) is 24.5 Å². The van der Waals surface area contributed by atoms with Gasteiger partial charge in [-0.1, -0.05) is 23.7 Å². The molecule has 3 aromatic heterocycles. The number of aromatic nitrogens is 4. The van der Waals surface area contributed by atoms with Crippen LogP contribution in [0.3, 0.4) is 0 Å². The Kier molecular flexibility index (Phi) is 4.14. The summed E-state index contributed by atoms with van der Waals surface area (Å²) in [6.45, 7) is 1.72. The first-order valence-corrected chi connectivity index (χ1v) is 9.40. The molecule has 1 fully saturated rings. The Morgan fingerprint density at radius 3 is 3.04 bits per heavy atom. The average molecular weight is 380 g/mol. The van der Waals surface area contributed by atoms with E-state index in [0.29, 0.717) is 10.9 Å². The van der Waals surface area contributed by atoms with E-state index in [-0.39, 0.29) is 6.04 Å². The first-order chi connectivity index (χ1) is 13.3. The third-order valence-corrected chi connectivity index (χ3v) is 5.23. The number of rotatable bonds is 4. The summed E-state index contributed by atoms with van der Waals surface area (Å²) in [6, 6.07) is 13.7. The molecule has 1 saturated heterocycles. The normalized spacial score (nSPS) is 17.7. The van der Waals surface area contributed by atoms with Gasteiger partial charge in [-0.3, -0.25) is 9.30 Å². The van der Waals surface area contributed by atoms with E-state index in [4.69, 9.17) is 16.0 Å². The quantitative estimate of drug-likeness (QED) is 0.526. The van der Waals surface area contributed by atoms with Crippen molar-refractivity contribution in [1.82, 2.24) is 24.5 Å². The van der Waals surface area contributed by atoms with Crippen molar-refractivity contribution in [3.05, 3.63) is 71.5 Å². The molecule has 4 aromatic rings. The number of halogens is 1. The van der Waals surface area contributed by atoms with Crippen molar-refractivity contribution in [2.24, 2.45) is 0 Å². The maximum Gasteiger partial charge on any atom is 0.226 e. The zero-order valence-corrected chi connectivity index (χ0v) is 15.4. The Labute approximate surface area is 161 Å². The molecule has 27 heavy (non-hydrogen) atoms. The zero-order valence-electron chi connectivity index (χ0n) is 14.6. The molecule has 1 aliphatic rings. The Morgan fingerprint density at radius 1 is 1.15 bits per heavy atom. The number of oxazole rings is 1. The van der Waals surface area contributed by atoms with Gasteiger partial charge in [0, 0.05) is 23.3 Å². The van der Waals surface area contributed by atoms with Crippen LogP contribution in [-0.4, -0.2) is 31.0 Å². The van der Waals surface area contributed by atoms with Crippen molar-refractivity contribution in [2.75, 3.05) is 6.54 Å². The molecule has 1 atom stereocenters. The first kappa shape index (κ1) is 16.5. The van der Waals surface area contributed by atoms with E-state index in [1.54, 1.807) is 6.26 Å². The number of hydrogen-bond acceptors (Lipinski definition) is 5. The van der Waals surface area contributed by atoms with Gasteiger partial charge in [-0.15, -0.1) is 10.2 Å². The molecule has 1 unspecified atom stereocenters. The largest absolute Gasteiger partial charge is 0.444 e. The fraction of sp³-hybridized carbons (Fsp3) is 0.250. The second-order valence-electron chi connectivity index (χ2n) is 6.77. The van der Waals surface area contributed by atoms with Crippen LogP contribution in [0.2, 0.25) is 5.02 Å². The molecule has 1 aromatic carbocycles. The third-order valence-electron chi connectivity index (χ3n) is 4.99. The molecule has 0 amide bonds. The molecule has 4 heterocycles. The highest BCUT2D eigenvalue weighted by Crippen LogP contribution is 2.32. The minimum atomic E-state index is 0.230. The zero-order chi connectivity index (χ0) is 18.2. The summed E-state index contributed by atoms with van der Waals surface area (Å²) in [5.41, 5.74) is 2.67. The molecule has 0 saturated carbocycles. The molecule has 0 radical (unpaired) electrons. The number of nitrogens with zero attached hydrogens (tertiary/aromatic N) is 5. The van der Waals surface area contributed by atoms with Crippen LogP contribution in [0.4, 0.5) is 0 Å². The van der Waals surface area contributed by atoms with Gasteiger partial charge >= 0.3 is 0 Å². The lowest BCUT2D eigenvalue weighted by atomic mass is 10.2. The van der Waals surface area contributed by atoms with Crippen molar-refractivity contribution < 1.29 is 4.42 Å². The summed E-state index contributed by atoms with van der Waals surface area (Å²) in [6.07, 6.45) is 5.95. The van der Waals surface area contributed by atoms with Crippen LogP contribution in [0, 0.1) is 0 Å². The first-order valence-electron chi connectivity index (χ1n) is 9.02. The summed E-state index contributed by atoms with van der Waals surface area (Å²) in [5.74, 6) is 1.58. The van der Waals surface area contributed by atoms with Gasteiger partial charge < -0.3 is 4.42 Å². The predicted octanol–water partition coefficient (Wildman–Crippen LogP) is 4.37. The van der Waals surface area contributed by atoms with Crippen LogP contribution in [-0.2, 0) is 6.54 Å². The van der Waals surface area contributed by atoms with E-state index in [1.807, 2.05) is 48.7 Å². The second kappa shape index (κ2) is 6.79. The maximum atomic E-state index is 6.07. The van der Waals surface area contributed by atoms with Crippen molar-refractivity contribution in [2.45, 2.75) is 25.4 Å². The second-order valence-corrected chi connectivity index (χ2v) is 7.21. The molecule has 0 aliphatic carbocycles. The van der Waals surface area contributed by atoms with Gasteiger partial charge in [0.2, 0.25) is 5.89 Å². The fourth-order valence-corrected chi connectivity index (χ4v) is 3.93. The van der Waals surface area contributed by atoms with Gasteiger partial charge in [0.25, 0.3) is 0 Å². The maximum absolute atomic E-state index is 6.07. The van der Waals surface area contributed by atoms with Gasteiger partial charge in [0.05, 0.1) is 11.7 Å². The highest BCUT2D eigenvalue weighted by molar-refractivity contribution is 6.30. The van der Waals surface area contributed by atoms with E-state index >= 15 is 0 Å². The SMILES string of the molecule is Clc1cccc(-c2nc(CN3CCCC3c3nnc4ccccn34)co2)c1. The number of pyridine rings is 1. The van der Waals surface area contributed by atoms with Crippen LogP contribution in [0.15, 0.2) is 59.3 Å². The molecule has 0 spiro atoms. The van der Waals surface area contributed by atoms with Crippen LogP contribution in [0.25, 0.3) is 17.1 Å². The summed E-state index contributed by atoms with van der Waals surface area (Å²) in [4.78, 5) is 7.05. The molecule has 0 bridgehead atoms. The Hall–Kier alpha value is -2.70. The molecule has 5 rings (SSSR count). The van der Waals surface area contributed by atoms with Crippen molar-refractivity contribution in [3.8, 4) is 11.5 Å². The molecule has 1 aliphatic heterocycles. The van der Waals surface area contributed by atoms with E-state index in [0.717, 1.165) is 48.7 Å². The van der Waals surface area contributed by atoms with Gasteiger partial charge in [-0.25, -0.2) is 4.98 Å². The summed E-state index contributed by atoms with van der Waals surface area (Å²) >= 11 is 6.07. The fourth-order valence-electron chi connectivity index (χ4n) is 3.74. The van der Waals surface area contributed by atoms with Crippen LogP contribution in [0.1, 0.15) is 30.4 Å². The van der Waals surface area contributed by atoms with E-state index in [9.17, 15) is 0 Å². The Morgan fingerprint density at radius 2 is 2.11 bits per heavy atom. The Balaban J connectivity index is 1.39. The summed E-state index contributed by atoms with van der Waals surface area (Å²) in [5, 5.41) is 9.41. The Bertz CT molecular complexity index is 1090. The van der Waals surface area contributed by atoms with Gasteiger partial charge in [-0.2, -0.15) is 0 Å². The highest BCUT2D eigenvalue weighted by atomic mass is 35.5. The minimum Gasteiger partial charge on any atom is -0.444 e. The number of fused-ring (bicyclic) bond motifs is 1. The van der Waals surface area contributed by atoms with Gasteiger partial charge in [0.15, 0.2) is 11.5 Å². The molecular formula is C20H18ClN5O. The van der Waals surface area contributed by atoms with Crippen molar-refractivity contribution in [1.29, 1.82) is 0 Å².